The van der Waals surface area contributed by atoms with Gasteiger partial charge in [0.2, 0.25) is 5.78 Å². The number of rotatable bonds is 5. The van der Waals surface area contributed by atoms with E-state index in [1.807, 2.05) is 38.1 Å². The maximum absolute atomic E-state index is 12.4. The molecule has 0 aliphatic carbocycles. The van der Waals surface area contributed by atoms with Crippen molar-refractivity contribution in [2.24, 2.45) is 0 Å². The third-order valence-corrected chi connectivity index (χ3v) is 5.89. The predicted octanol–water partition coefficient (Wildman–Crippen LogP) is 2.31. The van der Waals surface area contributed by atoms with Crippen molar-refractivity contribution in [3.05, 3.63) is 29.8 Å². The van der Waals surface area contributed by atoms with Gasteiger partial charge < -0.3 is 9.47 Å². The second-order valence-electron chi connectivity index (χ2n) is 4.52. The minimum atomic E-state index is 0.0989. The highest BCUT2D eigenvalue weighted by molar-refractivity contribution is 7.98. The Kier molecular flexibility index (Phi) is 5.28. The van der Waals surface area contributed by atoms with E-state index in [1.165, 1.54) is 0 Å². The molecule has 1 heterocycles. The highest BCUT2D eigenvalue weighted by Crippen LogP contribution is 2.18. The highest BCUT2D eigenvalue weighted by Gasteiger charge is 2.34. The van der Waals surface area contributed by atoms with E-state index in [9.17, 15) is 4.79 Å². The van der Waals surface area contributed by atoms with Gasteiger partial charge in [-0.3, -0.25) is 4.79 Å². The molecule has 0 N–H and O–H groups in total. The van der Waals surface area contributed by atoms with E-state index < -0.39 is 0 Å². The van der Waals surface area contributed by atoms with Gasteiger partial charge in [0.1, 0.15) is 17.3 Å². The van der Waals surface area contributed by atoms with Crippen LogP contribution in [0.3, 0.4) is 0 Å². The van der Waals surface area contributed by atoms with Crippen LogP contribution < -0.4 is 4.74 Å². The van der Waals surface area contributed by atoms with Gasteiger partial charge in [0, 0.05) is 16.5 Å². The standard InChI is InChI=1S/C15H21O3S/c1-3-18-14-6-4-13(5-7-14)15(16)12(2)19-10-8-17-9-11-19/h4-7,12H,3,8-11H2,1-2H3/q+1. The fourth-order valence-electron chi connectivity index (χ4n) is 2.16. The minimum absolute atomic E-state index is 0.0989. The summed E-state index contributed by atoms with van der Waals surface area (Å²) in [6.07, 6.45) is 0. The molecule has 1 saturated heterocycles. The van der Waals surface area contributed by atoms with Crippen molar-refractivity contribution < 1.29 is 14.3 Å². The van der Waals surface area contributed by atoms with Gasteiger partial charge in [-0.2, -0.15) is 0 Å². The van der Waals surface area contributed by atoms with Crippen molar-refractivity contribution >= 4 is 16.7 Å². The maximum Gasteiger partial charge on any atom is 0.214 e. The first-order valence-electron chi connectivity index (χ1n) is 6.73. The summed E-state index contributed by atoms with van der Waals surface area (Å²) >= 11 is 0. The van der Waals surface area contributed by atoms with Crippen molar-refractivity contribution in [3.63, 3.8) is 0 Å². The van der Waals surface area contributed by atoms with Crippen LogP contribution in [0.2, 0.25) is 0 Å². The third kappa shape index (κ3) is 3.74. The summed E-state index contributed by atoms with van der Waals surface area (Å²) in [6, 6.07) is 7.48. The summed E-state index contributed by atoms with van der Waals surface area (Å²) in [5.74, 6) is 3.10. The van der Waals surface area contributed by atoms with E-state index in [0.717, 1.165) is 36.0 Å². The molecule has 4 heteroatoms. The first kappa shape index (κ1) is 14.4. The van der Waals surface area contributed by atoms with Gasteiger partial charge >= 0.3 is 0 Å². The third-order valence-electron chi connectivity index (χ3n) is 3.30. The monoisotopic (exact) mass is 281 g/mol. The minimum Gasteiger partial charge on any atom is -0.494 e. The number of ether oxygens (including phenoxy) is 2. The van der Waals surface area contributed by atoms with Gasteiger partial charge in [0.25, 0.3) is 0 Å². The van der Waals surface area contributed by atoms with Crippen LogP contribution in [0.5, 0.6) is 5.75 Å². The topological polar surface area (TPSA) is 35.5 Å². The molecule has 1 aliphatic rings. The second-order valence-corrected chi connectivity index (χ2v) is 7.12. The largest absolute Gasteiger partial charge is 0.494 e. The van der Waals surface area contributed by atoms with Crippen LogP contribution in [0.1, 0.15) is 24.2 Å². The van der Waals surface area contributed by atoms with Crippen molar-refractivity contribution in [3.8, 4) is 5.75 Å². The van der Waals surface area contributed by atoms with Crippen molar-refractivity contribution in [1.29, 1.82) is 0 Å². The van der Waals surface area contributed by atoms with E-state index in [-0.39, 0.29) is 21.9 Å². The average Bonchev–Trinajstić information content (AvgIpc) is 2.48. The fourth-order valence-corrected chi connectivity index (χ4v) is 4.17. The summed E-state index contributed by atoms with van der Waals surface area (Å²) in [5.41, 5.74) is 0.787. The second kappa shape index (κ2) is 6.96. The van der Waals surface area contributed by atoms with E-state index in [2.05, 4.69) is 0 Å². The average molecular weight is 281 g/mol. The molecular weight excluding hydrogens is 260 g/mol. The lowest BCUT2D eigenvalue weighted by Crippen LogP contribution is -2.38. The molecule has 19 heavy (non-hydrogen) atoms. The number of hydrogen-bond acceptors (Lipinski definition) is 3. The van der Waals surface area contributed by atoms with Gasteiger partial charge in [-0.05, 0) is 38.1 Å². The van der Waals surface area contributed by atoms with E-state index in [4.69, 9.17) is 9.47 Å². The van der Waals surface area contributed by atoms with Crippen LogP contribution in [0.15, 0.2) is 24.3 Å². The Hall–Kier alpha value is -1.00. The zero-order valence-electron chi connectivity index (χ0n) is 11.6. The molecule has 0 aromatic heterocycles. The Labute approximate surface area is 117 Å². The lowest BCUT2D eigenvalue weighted by Gasteiger charge is -2.19. The first-order chi connectivity index (χ1) is 9.22. The number of carbonyl (C=O) groups is 1. The lowest BCUT2D eigenvalue weighted by atomic mass is 10.1. The maximum atomic E-state index is 12.4. The number of carbonyl (C=O) groups excluding carboxylic acids is 1. The van der Waals surface area contributed by atoms with Gasteiger partial charge in [-0.1, -0.05) is 0 Å². The van der Waals surface area contributed by atoms with Crippen LogP contribution in [0.4, 0.5) is 0 Å². The molecule has 104 valence electrons. The molecular formula is C15H21O3S+. The van der Waals surface area contributed by atoms with Crippen molar-refractivity contribution in [1.82, 2.24) is 0 Å². The van der Waals surface area contributed by atoms with Gasteiger partial charge in [0.15, 0.2) is 5.25 Å². The Morgan fingerprint density at radius 1 is 1.32 bits per heavy atom. The number of Topliss-reactive ketones (excluding diaryl/α,β-unsaturated/α-hetero) is 1. The number of ketones is 1. The first-order valence-corrected chi connectivity index (χ1v) is 8.36. The molecule has 0 saturated carbocycles. The summed E-state index contributed by atoms with van der Waals surface area (Å²) in [5, 5.41) is 0.0989. The lowest BCUT2D eigenvalue weighted by molar-refractivity contribution is 0.0991. The smallest absolute Gasteiger partial charge is 0.214 e. The van der Waals surface area contributed by atoms with Crippen LogP contribution in [-0.4, -0.2) is 42.4 Å². The van der Waals surface area contributed by atoms with E-state index in [1.54, 1.807) is 0 Å². The van der Waals surface area contributed by atoms with E-state index in [0.29, 0.717) is 6.61 Å². The van der Waals surface area contributed by atoms with Crippen LogP contribution >= 0.6 is 0 Å². The molecule has 1 aliphatic heterocycles. The van der Waals surface area contributed by atoms with Crippen LogP contribution in [0, 0.1) is 0 Å². The van der Waals surface area contributed by atoms with Gasteiger partial charge in [-0.25, -0.2) is 0 Å². The van der Waals surface area contributed by atoms with E-state index >= 15 is 0 Å². The summed E-state index contributed by atoms with van der Waals surface area (Å²) < 4.78 is 10.7. The van der Waals surface area contributed by atoms with Crippen LogP contribution in [0.25, 0.3) is 0 Å². The molecule has 1 unspecified atom stereocenters. The van der Waals surface area contributed by atoms with Crippen LogP contribution in [-0.2, 0) is 15.6 Å². The Balaban J connectivity index is 2.01. The quantitative estimate of drug-likeness (QED) is 0.614. The predicted molar refractivity (Wildman–Crippen MR) is 79.3 cm³/mol. The molecule has 3 nitrogen and oxygen atoms in total. The fraction of sp³-hybridized carbons (Fsp3) is 0.533. The molecule has 1 aromatic carbocycles. The Morgan fingerprint density at radius 3 is 2.53 bits per heavy atom. The molecule has 1 atom stereocenters. The highest BCUT2D eigenvalue weighted by atomic mass is 32.2. The summed E-state index contributed by atoms with van der Waals surface area (Å²) in [4.78, 5) is 12.4. The zero-order chi connectivity index (χ0) is 13.7. The normalized spacial score (nSPS) is 18.0. The van der Waals surface area contributed by atoms with Gasteiger partial charge in [-0.15, -0.1) is 0 Å². The Morgan fingerprint density at radius 2 is 1.95 bits per heavy atom. The molecule has 0 spiro atoms. The molecule has 2 rings (SSSR count). The number of benzene rings is 1. The van der Waals surface area contributed by atoms with Crippen molar-refractivity contribution in [2.75, 3.05) is 31.3 Å². The van der Waals surface area contributed by atoms with Crippen molar-refractivity contribution in [2.45, 2.75) is 19.1 Å². The SMILES string of the molecule is CCOc1ccc(C(=O)C(C)[S+]2CCOCC2)cc1. The Bertz CT molecular complexity index is 410. The van der Waals surface area contributed by atoms with Gasteiger partial charge in [0.05, 0.1) is 19.8 Å². The number of hydrogen-bond donors (Lipinski definition) is 0. The summed E-state index contributed by atoms with van der Waals surface area (Å²) in [7, 11) is 0.165. The summed E-state index contributed by atoms with van der Waals surface area (Å²) in [6.45, 7) is 6.24. The molecule has 1 fully saturated rings. The zero-order valence-corrected chi connectivity index (χ0v) is 12.4. The molecule has 0 amide bonds. The molecule has 1 aromatic rings. The molecule has 0 radical (unpaired) electrons. The molecule has 0 bridgehead atoms.